The van der Waals surface area contributed by atoms with Gasteiger partial charge in [-0.25, -0.2) is 0 Å². The Morgan fingerprint density at radius 3 is 3.14 bits per heavy atom. The Bertz CT molecular complexity index is 576. The molecule has 2 heterocycles. The SMILES string of the molecule is COc1cccc(-c2cc(CN[C@H]3CCCOC3)no2)c1. The molecule has 1 N–H and O–H groups in total. The van der Waals surface area contributed by atoms with Gasteiger partial charge in [0.25, 0.3) is 0 Å². The average molecular weight is 288 g/mol. The van der Waals surface area contributed by atoms with E-state index in [0.717, 1.165) is 48.8 Å². The zero-order chi connectivity index (χ0) is 14.5. The minimum absolute atomic E-state index is 0.413. The summed E-state index contributed by atoms with van der Waals surface area (Å²) in [5, 5.41) is 7.57. The molecule has 2 aromatic rings. The maximum absolute atomic E-state index is 5.45. The molecule has 1 aromatic heterocycles. The van der Waals surface area contributed by atoms with Crippen LogP contribution >= 0.6 is 0 Å². The molecular formula is C16H20N2O3. The van der Waals surface area contributed by atoms with Gasteiger partial charge in [-0.1, -0.05) is 17.3 Å². The van der Waals surface area contributed by atoms with Crippen molar-refractivity contribution in [3.8, 4) is 17.1 Å². The van der Waals surface area contributed by atoms with Crippen LogP contribution in [-0.2, 0) is 11.3 Å². The van der Waals surface area contributed by atoms with Gasteiger partial charge < -0.3 is 19.3 Å². The highest BCUT2D eigenvalue weighted by Crippen LogP contribution is 2.24. The van der Waals surface area contributed by atoms with Crippen molar-refractivity contribution in [2.24, 2.45) is 0 Å². The summed E-state index contributed by atoms with van der Waals surface area (Å²) < 4.78 is 16.1. The molecule has 0 unspecified atom stereocenters. The first-order chi connectivity index (χ1) is 10.3. The van der Waals surface area contributed by atoms with E-state index in [0.29, 0.717) is 12.6 Å². The van der Waals surface area contributed by atoms with Gasteiger partial charge in [-0.3, -0.25) is 0 Å². The van der Waals surface area contributed by atoms with Crippen LogP contribution in [0.15, 0.2) is 34.9 Å². The quantitative estimate of drug-likeness (QED) is 0.916. The van der Waals surface area contributed by atoms with Crippen molar-refractivity contribution >= 4 is 0 Å². The first-order valence-electron chi connectivity index (χ1n) is 7.26. The number of nitrogens with zero attached hydrogens (tertiary/aromatic N) is 1. The Balaban J connectivity index is 1.62. The maximum Gasteiger partial charge on any atom is 0.167 e. The smallest absolute Gasteiger partial charge is 0.167 e. The lowest BCUT2D eigenvalue weighted by molar-refractivity contribution is 0.0697. The number of rotatable bonds is 5. The van der Waals surface area contributed by atoms with E-state index in [2.05, 4.69) is 10.5 Å². The summed E-state index contributed by atoms with van der Waals surface area (Å²) in [6, 6.07) is 10.1. The molecule has 3 rings (SSSR count). The molecule has 21 heavy (non-hydrogen) atoms. The Morgan fingerprint density at radius 1 is 1.38 bits per heavy atom. The predicted molar refractivity (Wildman–Crippen MR) is 79.2 cm³/mol. The molecule has 1 fully saturated rings. The van der Waals surface area contributed by atoms with E-state index in [-0.39, 0.29) is 0 Å². The van der Waals surface area contributed by atoms with Gasteiger partial charge in [-0.05, 0) is 25.0 Å². The van der Waals surface area contributed by atoms with E-state index < -0.39 is 0 Å². The van der Waals surface area contributed by atoms with Crippen molar-refractivity contribution in [3.63, 3.8) is 0 Å². The van der Waals surface area contributed by atoms with E-state index in [1.54, 1.807) is 7.11 Å². The number of aromatic nitrogens is 1. The van der Waals surface area contributed by atoms with E-state index in [1.165, 1.54) is 0 Å². The van der Waals surface area contributed by atoms with Crippen LogP contribution in [0.2, 0.25) is 0 Å². The number of hydrogen-bond acceptors (Lipinski definition) is 5. The molecule has 0 amide bonds. The third-order valence-electron chi connectivity index (χ3n) is 3.65. The van der Waals surface area contributed by atoms with Gasteiger partial charge in [0.15, 0.2) is 5.76 Å². The van der Waals surface area contributed by atoms with Gasteiger partial charge in [-0.15, -0.1) is 0 Å². The summed E-state index contributed by atoms with van der Waals surface area (Å²) in [4.78, 5) is 0. The van der Waals surface area contributed by atoms with Gasteiger partial charge in [-0.2, -0.15) is 0 Å². The van der Waals surface area contributed by atoms with Gasteiger partial charge in [0.1, 0.15) is 5.75 Å². The monoisotopic (exact) mass is 288 g/mol. The second kappa shape index (κ2) is 6.74. The standard InChI is InChI=1S/C16H20N2O3/c1-19-15-6-2-4-12(8-15)16-9-14(18-21-16)10-17-13-5-3-7-20-11-13/h2,4,6,8-9,13,17H,3,5,7,10-11H2,1H3/t13-/m0/s1. The molecule has 0 spiro atoms. The highest BCUT2D eigenvalue weighted by molar-refractivity contribution is 5.59. The van der Waals surface area contributed by atoms with Crippen LogP contribution in [0.1, 0.15) is 18.5 Å². The number of benzene rings is 1. The fourth-order valence-corrected chi connectivity index (χ4v) is 2.46. The summed E-state index contributed by atoms with van der Waals surface area (Å²) in [5.74, 6) is 1.56. The van der Waals surface area contributed by atoms with Crippen molar-refractivity contribution in [2.75, 3.05) is 20.3 Å². The van der Waals surface area contributed by atoms with E-state index in [4.69, 9.17) is 14.0 Å². The van der Waals surface area contributed by atoms with Crippen molar-refractivity contribution in [2.45, 2.75) is 25.4 Å². The minimum Gasteiger partial charge on any atom is -0.497 e. The minimum atomic E-state index is 0.413. The first-order valence-corrected chi connectivity index (χ1v) is 7.26. The van der Waals surface area contributed by atoms with E-state index >= 15 is 0 Å². The second-order valence-corrected chi connectivity index (χ2v) is 5.21. The number of hydrogen-bond donors (Lipinski definition) is 1. The molecule has 1 aliphatic heterocycles. The Hall–Kier alpha value is -1.85. The molecule has 0 aliphatic carbocycles. The van der Waals surface area contributed by atoms with Crippen LogP contribution in [0.25, 0.3) is 11.3 Å². The van der Waals surface area contributed by atoms with Crippen LogP contribution in [0, 0.1) is 0 Å². The molecule has 1 aromatic carbocycles. The van der Waals surface area contributed by atoms with Gasteiger partial charge in [0.2, 0.25) is 0 Å². The van der Waals surface area contributed by atoms with Crippen LogP contribution in [0.3, 0.4) is 0 Å². The van der Waals surface area contributed by atoms with Crippen molar-refractivity contribution in [1.82, 2.24) is 10.5 Å². The van der Waals surface area contributed by atoms with Crippen molar-refractivity contribution in [3.05, 3.63) is 36.0 Å². The van der Waals surface area contributed by atoms with Gasteiger partial charge in [0, 0.05) is 30.8 Å². The van der Waals surface area contributed by atoms with Crippen molar-refractivity contribution in [1.29, 1.82) is 0 Å². The van der Waals surface area contributed by atoms with Crippen LogP contribution in [0.5, 0.6) is 5.75 Å². The van der Waals surface area contributed by atoms with E-state index in [9.17, 15) is 0 Å². The zero-order valence-corrected chi connectivity index (χ0v) is 12.2. The predicted octanol–water partition coefficient (Wildman–Crippen LogP) is 2.62. The fraction of sp³-hybridized carbons (Fsp3) is 0.438. The third kappa shape index (κ3) is 3.62. The van der Waals surface area contributed by atoms with Crippen molar-refractivity contribution < 1.29 is 14.0 Å². The Labute approximate surface area is 124 Å². The van der Waals surface area contributed by atoms with Gasteiger partial charge in [0.05, 0.1) is 19.4 Å². The molecule has 1 aliphatic rings. The topological polar surface area (TPSA) is 56.5 Å². The molecule has 5 nitrogen and oxygen atoms in total. The summed E-state index contributed by atoms with van der Waals surface area (Å²) in [6.45, 7) is 2.35. The molecule has 0 bridgehead atoms. The molecular weight excluding hydrogens is 268 g/mol. The lowest BCUT2D eigenvalue weighted by atomic mass is 10.1. The molecule has 1 atom stereocenters. The Morgan fingerprint density at radius 2 is 2.33 bits per heavy atom. The lowest BCUT2D eigenvalue weighted by Gasteiger charge is -2.22. The summed E-state index contributed by atoms with van der Waals surface area (Å²) >= 11 is 0. The zero-order valence-electron chi connectivity index (χ0n) is 12.2. The third-order valence-corrected chi connectivity index (χ3v) is 3.65. The highest BCUT2D eigenvalue weighted by atomic mass is 16.5. The largest absolute Gasteiger partial charge is 0.497 e. The molecule has 0 saturated carbocycles. The normalized spacial score (nSPS) is 18.6. The number of ether oxygens (including phenoxy) is 2. The van der Waals surface area contributed by atoms with Crippen LogP contribution in [-0.4, -0.2) is 31.5 Å². The maximum atomic E-state index is 5.45. The van der Waals surface area contributed by atoms with Crippen LogP contribution < -0.4 is 10.1 Å². The lowest BCUT2D eigenvalue weighted by Crippen LogP contribution is -2.36. The second-order valence-electron chi connectivity index (χ2n) is 5.21. The summed E-state index contributed by atoms with van der Waals surface area (Å²) in [7, 11) is 1.65. The van der Waals surface area contributed by atoms with E-state index in [1.807, 2.05) is 30.3 Å². The fourth-order valence-electron chi connectivity index (χ4n) is 2.46. The van der Waals surface area contributed by atoms with Crippen LogP contribution in [0.4, 0.5) is 0 Å². The molecule has 112 valence electrons. The summed E-state index contributed by atoms with van der Waals surface area (Å²) in [6.07, 6.45) is 2.27. The van der Waals surface area contributed by atoms with Gasteiger partial charge >= 0.3 is 0 Å². The molecule has 1 saturated heterocycles. The Kier molecular flexibility index (Phi) is 4.52. The summed E-state index contributed by atoms with van der Waals surface area (Å²) in [5.41, 5.74) is 1.87. The number of methoxy groups -OCH3 is 1. The number of nitrogens with one attached hydrogen (secondary N) is 1. The highest BCUT2D eigenvalue weighted by Gasteiger charge is 2.14. The molecule has 5 heteroatoms. The molecule has 0 radical (unpaired) electrons. The average Bonchev–Trinajstić information content (AvgIpc) is 3.03. The first kappa shape index (κ1) is 14.1.